The van der Waals surface area contributed by atoms with Crippen LogP contribution in [0.1, 0.15) is 37.3 Å². The summed E-state index contributed by atoms with van der Waals surface area (Å²) >= 11 is 1.64. The molecule has 3 N–H and O–H groups in total. The molecule has 3 rings (SSSR count). The predicted octanol–water partition coefficient (Wildman–Crippen LogP) is 2.66. The van der Waals surface area contributed by atoms with Gasteiger partial charge in [0, 0.05) is 17.1 Å². The van der Waals surface area contributed by atoms with Crippen LogP contribution in [-0.4, -0.2) is 27.4 Å². The van der Waals surface area contributed by atoms with Gasteiger partial charge < -0.3 is 10.2 Å². The number of carbonyl (C=O) groups is 1. The number of benzene rings is 1. The highest BCUT2D eigenvalue weighted by Crippen LogP contribution is 2.35. The van der Waals surface area contributed by atoms with Crippen LogP contribution < -0.4 is 15.4 Å². The number of thiophene rings is 1. The minimum Gasteiger partial charge on any atom is -0.362 e. The van der Waals surface area contributed by atoms with E-state index >= 15 is 0 Å². The van der Waals surface area contributed by atoms with E-state index in [9.17, 15) is 13.2 Å². The van der Waals surface area contributed by atoms with Gasteiger partial charge in [0.2, 0.25) is 15.9 Å². The third-order valence-corrected chi connectivity index (χ3v) is 6.55. The maximum atomic E-state index is 12.7. The minimum absolute atomic E-state index is 0.0494. The van der Waals surface area contributed by atoms with E-state index in [0.717, 1.165) is 16.1 Å². The summed E-state index contributed by atoms with van der Waals surface area (Å²) in [7, 11) is -3.72. The standard InChI is InChI=1S/C19H25N3O3S2/c1-19(2,3)18(16-5-4-10-26-16)21-17(23)12-22-9-8-13-11-14(27(20,24)25)6-7-15(13)22/h4-7,10-11,18H,8-9,12H2,1-3H3,(H,21,23)(H2,20,24,25). The van der Waals surface area contributed by atoms with E-state index in [0.29, 0.717) is 13.0 Å². The van der Waals surface area contributed by atoms with Gasteiger partial charge in [-0.2, -0.15) is 0 Å². The Hall–Kier alpha value is -1.90. The zero-order valence-electron chi connectivity index (χ0n) is 15.7. The first kappa shape index (κ1) is 19.9. The number of hydrogen-bond acceptors (Lipinski definition) is 5. The Bertz CT molecular complexity index is 932. The number of nitrogens with two attached hydrogens (primary N) is 1. The summed E-state index contributed by atoms with van der Waals surface area (Å²) in [5.41, 5.74) is 1.69. The summed E-state index contributed by atoms with van der Waals surface area (Å²) in [6.45, 7) is 7.24. The van der Waals surface area contributed by atoms with Crippen molar-refractivity contribution in [2.45, 2.75) is 38.1 Å². The lowest BCUT2D eigenvalue weighted by Gasteiger charge is -2.31. The van der Waals surface area contributed by atoms with Gasteiger partial charge in [0.15, 0.2) is 0 Å². The number of carbonyl (C=O) groups excluding carboxylic acids is 1. The van der Waals surface area contributed by atoms with Gasteiger partial charge in [-0.1, -0.05) is 26.8 Å². The zero-order valence-corrected chi connectivity index (χ0v) is 17.4. The first-order valence-corrected chi connectivity index (χ1v) is 11.2. The van der Waals surface area contributed by atoms with Gasteiger partial charge in [-0.3, -0.25) is 4.79 Å². The Morgan fingerprint density at radius 2 is 2.07 bits per heavy atom. The van der Waals surface area contributed by atoms with E-state index in [-0.39, 0.29) is 28.8 Å². The number of fused-ring (bicyclic) bond motifs is 1. The number of nitrogens with one attached hydrogen (secondary N) is 1. The van der Waals surface area contributed by atoms with Crippen molar-refractivity contribution in [2.75, 3.05) is 18.0 Å². The van der Waals surface area contributed by atoms with Gasteiger partial charge in [0.25, 0.3) is 0 Å². The summed E-state index contributed by atoms with van der Waals surface area (Å²) in [5, 5.41) is 10.4. The molecule has 0 saturated carbocycles. The molecule has 146 valence electrons. The molecule has 8 heteroatoms. The van der Waals surface area contributed by atoms with Crippen LogP contribution in [0.15, 0.2) is 40.6 Å². The Kier molecular flexibility index (Phi) is 5.33. The van der Waals surface area contributed by atoms with E-state index in [1.54, 1.807) is 23.5 Å². The quantitative estimate of drug-likeness (QED) is 0.797. The summed E-state index contributed by atoms with van der Waals surface area (Å²) in [6, 6.07) is 8.80. The highest BCUT2D eigenvalue weighted by molar-refractivity contribution is 7.89. The second-order valence-corrected chi connectivity index (χ2v) is 10.4. The lowest BCUT2D eigenvalue weighted by Crippen LogP contribution is -2.42. The predicted molar refractivity (Wildman–Crippen MR) is 108 cm³/mol. The number of hydrogen-bond donors (Lipinski definition) is 2. The average molecular weight is 408 g/mol. The molecule has 0 bridgehead atoms. The van der Waals surface area contributed by atoms with Crippen LogP contribution in [0.5, 0.6) is 0 Å². The van der Waals surface area contributed by atoms with Crippen molar-refractivity contribution in [2.24, 2.45) is 10.6 Å². The number of rotatable bonds is 5. The molecule has 2 aromatic rings. The van der Waals surface area contributed by atoms with Gasteiger partial charge in [0.05, 0.1) is 17.5 Å². The lowest BCUT2D eigenvalue weighted by atomic mass is 9.85. The molecule has 0 saturated heterocycles. The van der Waals surface area contributed by atoms with Crippen molar-refractivity contribution in [3.05, 3.63) is 46.2 Å². The first-order valence-electron chi connectivity index (χ1n) is 8.79. The molecular weight excluding hydrogens is 382 g/mol. The van der Waals surface area contributed by atoms with Gasteiger partial charge in [-0.05, 0) is 47.0 Å². The monoisotopic (exact) mass is 407 g/mol. The molecule has 1 unspecified atom stereocenters. The van der Waals surface area contributed by atoms with Crippen LogP contribution >= 0.6 is 11.3 Å². The van der Waals surface area contributed by atoms with Crippen molar-refractivity contribution in [1.82, 2.24) is 5.32 Å². The first-order chi connectivity index (χ1) is 12.6. The second kappa shape index (κ2) is 7.26. The molecule has 0 radical (unpaired) electrons. The molecule has 6 nitrogen and oxygen atoms in total. The van der Waals surface area contributed by atoms with E-state index in [4.69, 9.17) is 5.14 Å². The molecule has 1 atom stereocenters. The molecule has 2 heterocycles. The smallest absolute Gasteiger partial charge is 0.240 e. The van der Waals surface area contributed by atoms with Gasteiger partial charge in [-0.25, -0.2) is 13.6 Å². The van der Waals surface area contributed by atoms with Crippen LogP contribution in [0.3, 0.4) is 0 Å². The maximum Gasteiger partial charge on any atom is 0.240 e. The summed E-state index contributed by atoms with van der Waals surface area (Å²) < 4.78 is 23.0. The topological polar surface area (TPSA) is 92.5 Å². The van der Waals surface area contributed by atoms with Crippen molar-refractivity contribution >= 4 is 33.0 Å². The van der Waals surface area contributed by atoms with Gasteiger partial charge >= 0.3 is 0 Å². The molecule has 0 fully saturated rings. The van der Waals surface area contributed by atoms with E-state index in [1.165, 1.54) is 6.07 Å². The lowest BCUT2D eigenvalue weighted by molar-refractivity contribution is -0.121. The van der Waals surface area contributed by atoms with Crippen molar-refractivity contribution < 1.29 is 13.2 Å². The number of sulfonamides is 1. The number of primary sulfonamides is 1. The normalized spacial score (nSPS) is 15.5. The van der Waals surface area contributed by atoms with Gasteiger partial charge in [0.1, 0.15) is 0 Å². The van der Waals surface area contributed by atoms with Crippen molar-refractivity contribution in [3.63, 3.8) is 0 Å². The van der Waals surface area contributed by atoms with Crippen LogP contribution in [0.2, 0.25) is 0 Å². The van der Waals surface area contributed by atoms with Crippen LogP contribution in [0.25, 0.3) is 0 Å². The van der Waals surface area contributed by atoms with Gasteiger partial charge in [-0.15, -0.1) is 11.3 Å². The van der Waals surface area contributed by atoms with Crippen LogP contribution in [0.4, 0.5) is 5.69 Å². The van der Waals surface area contributed by atoms with E-state index in [2.05, 4.69) is 26.1 Å². The molecule has 27 heavy (non-hydrogen) atoms. The highest BCUT2D eigenvalue weighted by atomic mass is 32.2. The largest absolute Gasteiger partial charge is 0.362 e. The van der Waals surface area contributed by atoms with Crippen molar-refractivity contribution in [1.29, 1.82) is 0 Å². The third kappa shape index (κ3) is 4.51. The molecule has 0 spiro atoms. The molecule has 0 aliphatic carbocycles. The average Bonchev–Trinajstić information content (AvgIpc) is 3.20. The van der Waals surface area contributed by atoms with E-state index < -0.39 is 10.0 Å². The highest BCUT2D eigenvalue weighted by Gasteiger charge is 2.30. The second-order valence-electron chi connectivity index (χ2n) is 7.89. The SMILES string of the molecule is CC(C)(C)C(NC(=O)CN1CCc2cc(S(N)(=O)=O)ccc21)c1cccs1. The zero-order chi connectivity index (χ0) is 19.8. The summed E-state index contributed by atoms with van der Waals surface area (Å²) in [5.74, 6) is -0.0494. The number of nitrogens with zero attached hydrogens (tertiary/aromatic N) is 1. The Morgan fingerprint density at radius 1 is 1.33 bits per heavy atom. The fourth-order valence-electron chi connectivity index (χ4n) is 3.34. The van der Waals surface area contributed by atoms with Crippen LogP contribution in [0, 0.1) is 5.41 Å². The molecule has 1 aromatic heterocycles. The fraction of sp³-hybridized carbons (Fsp3) is 0.421. The maximum absolute atomic E-state index is 12.7. The summed E-state index contributed by atoms with van der Waals surface area (Å²) in [4.78, 5) is 15.9. The fourth-order valence-corrected chi connectivity index (χ4v) is 4.92. The minimum atomic E-state index is -3.72. The van der Waals surface area contributed by atoms with Crippen LogP contribution in [-0.2, 0) is 21.2 Å². The summed E-state index contributed by atoms with van der Waals surface area (Å²) in [6.07, 6.45) is 0.694. The van der Waals surface area contributed by atoms with Crippen molar-refractivity contribution in [3.8, 4) is 0 Å². The molecule has 1 aliphatic rings. The molecule has 1 aliphatic heterocycles. The third-order valence-electron chi connectivity index (χ3n) is 4.70. The molecular formula is C19H25N3O3S2. The van der Waals surface area contributed by atoms with E-state index in [1.807, 2.05) is 22.4 Å². The Labute approximate surface area is 164 Å². The molecule has 1 aromatic carbocycles. The Morgan fingerprint density at radius 3 is 2.67 bits per heavy atom. The molecule has 1 amide bonds. The number of amides is 1. The number of anilines is 1. The Balaban J connectivity index is 1.73.